The number of hydrogen-bond acceptors (Lipinski definition) is 10. The summed E-state index contributed by atoms with van der Waals surface area (Å²) in [6, 6.07) is 5.02. The SMILES string of the molecule is CCN(CCOC)c1ncnc2nc(N3CCC4(CC3)CC(Nc3cc(N5CC(N)C5)ccn3)C4)[nH]c12. The molecule has 0 bridgehead atoms. The molecule has 198 valence electrons. The van der Waals surface area contributed by atoms with Crippen LogP contribution in [0.2, 0.25) is 0 Å². The molecule has 2 aliphatic heterocycles. The van der Waals surface area contributed by atoms with Gasteiger partial charge >= 0.3 is 0 Å². The van der Waals surface area contributed by atoms with Crippen LogP contribution in [0, 0.1) is 5.41 Å². The minimum Gasteiger partial charge on any atom is -0.383 e. The van der Waals surface area contributed by atoms with Crippen LogP contribution in [0.1, 0.15) is 32.6 Å². The molecule has 0 amide bonds. The molecule has 11 heteroatoms. The van der Waals surface area contributed by atoms with E-state index in [4.69, 9.17) is 15.5 Å². The largest absolute Gasteiger partial charge is 0.383 e. The van der Waals surface area contributed by atoms with Gasteiger partial charge in [-0.05, 0) is 44.1 Å². The van der Waals surface area contributed by atoms with E-state index in [0.29, 0.717) is 24.1 Å². The van der Waals surface area contributed by atoms with Gasteiger partial charge in [0.15, 0.2) is 11.5 Å². The number of likely N-dealkylation sites (N-methyl/N-ethyl adjacent to an activating group) is 1. The van der Waals surface area contributed by atoms with Gasteiger partial charge in [-0.25, -0.2) is 15.0 Å². The Kier molecular flexibility index (Phi) is 6.49. The molecule has 0 unspecified atom stereocenters. The van der Waals surface area contributed by atoms with Crippen LogP contribution in [0.25, 0.3) is 11.2 Å². The molecule has 1 spiro atoms. The first-order valence-electron chi connectivity index (χ1n) is 13.5. The number of anilines is 4. The van der Waals surface area contributed by atoms with E-state index in [0.717, 1.165) is 68.0 Å². The Hall–Kier alpha value is -3.18. The molecule has 5 heterocycles. The van der Waals surface area contributed by atoms with Crippen molar-refractivity contribution >= 4 is 34.4 Å². The van der Waals surface area contributed by atoms with Crippen LogP contribution < -0.4 is 25.8 Å². The van der Waals surface area contributed by atoms with Gasteiger partial charge in [0.1, 0.15) is 17.7 Å². The number of aromatic amines is 1. The molecule has 1 aliphatic carbocycles. The maximum atomic E-state index is 5.95. The van der Waals surface area contributed by atoms with Crippen molar-refractivity contribution in [1.82, 2.24) is 24.9 Å². The van der Waals surface area contributed by atoms with E-state index in [-0.39, 0.29) is 0 Å². The van der Waals surface area contributed by atoms with E-state index < -0.39 is 0 Å². The molecule has 3 fully saturated rings. The van der Waals surface area contributed by atoms with Gasteiger partial charge in [0, 0.05) is 76.4 Å². The summed E-state index contributed by atoms with van der Waals surface area (Å²) in [6.07, 6.45) is 8.25. The first-order valence-corrected chi connectivity index (χ1v) is 13.5. The number of imidazole rings is 1. The number of hydrogen-bond donors (Lipinski definition) is 3. The molecule has 0 atom stereocenters. The highest BCUT2D eigenvalue weighted by Gasteiger charge is 2.46. The lowest BCUT2D eigenvalue weighted by molar-refractivity contribution is 0.0796. The number of nitrogens with zero attached hydrogens (tertiary/aromatic N) is 7. The van der Waals surface area contributed by atoms with Crippen molar-refractivity contribution in [2.24, 2.45) is 11.1 Å². The van der Waals surface area contributed by atoms with E-state index in [9.17, 15) is 0 Å². The number of aromatic nitrogens is 5. The zero-order chi connectivity index (χ0) is 25.4. The molecule has 4 N–H and O–H groups in total. The maximum absolute atomic E-state index is 5.95. The fourth-order valence-electron chi connectivity index (χ4n) is 6.13. The van der Waals surface area contributed by atoms with Crippen LogP contribution in [-0.2, 0) is 4.74 Å². The second-order valence-electron chi connectivity index (χ2n) is 10.8. The van der Waals surface area contributed by atoms with Gasteiger partial charge in [-0.2, -0.15) is 4.98 Å². The maximum Gasteiger partial charge on any atom is 0.205 e. The van der Waals surface area contributed by atoms with Crippen molar-refractivity contribution in [3.8, 4) is 0 Å². The van der Waals surface area contributed by atoms with Crippen molar-refractivity contribution in [3.05, 3.63) is 24.7 Å². The molecular weight excluding hydrogens is 468 g/mol. The molecule has 0 aromatic carbocycles. The number of pyridine rings is 1. The summed E-state index contributed by atoms with van der Waals surface area (Å²) in [4.78, 5) is 28.8. The Bertz CT molecular complexity index is 1210. The van der Waals surface area contributed by atoms with Crippen molar-refractivity contribution in [1.29, 1.82) is 0 Å². The third-order valence-electron chi connectivity index (χ3n) is 8.36. The predicted octanol–water partition coefficient (Wildman–Crippen LogP) is 2.23. The van der Waals surface area contributed by atoms with Gasteiger partial charge in [-0.3, -0.25) is 0 Å². The van der Waals surface area contributed by atoms with Crippen LogP contribution >= 0.6 is 0 Å². The van der Waals surface area contributed by atoms with Gasteiger partial charge in [-0.1, -0.05) is 0 Å². The van der Waals surface area contributed by atoms with Crippen molar-refractivity contribution < 1.29 is 4.74 Å². The van der Waals surface area contributed by atoms with E-state index in [1.54, 1.807) is 13.4 Å². The average Bonchev–Trinajstić information content (AvgIpc) is 3.32. The fraction of sp³-hybridized carbons (Fsp3) is 0.615. The number of piperidine rings is 1. The Labute approximate surface area is 217 Å². The van der Waals surface area contributed by atoms with Gasteiger partial charge in [0.25, 0.3) is 0 Å². The first-order chi connectivity index (χ1) is 18.1. The molecule has 3 aromatic rings. The number of nitrogens with two attached hydrogens (primary N) is 1. The molecule has 1 saturated carbocycles. The first kappa shape index (κ1) is 24.2. The highest BCUT2D eigenvalue weighted by Crippen LogP contribution is 2.50. The zero-order valence-electron chi connectivity index (χ0n) is 21.9. The highest BCUT2D eigenvalue weighted by atomic mass is 16.5. The number of nitrogens with one attached hydrogen (secondary N) is 2. The smallest absolute Gasteiger partial charge is 0.205 e. The van der Waals surface area contributed by atoms with Gasteiger partial charge in [0.05, 0.1) is 6.61 Å². The van der Waals surface area contributed by atoms with Gasteiger partial charge in [-0.15, -0.1) is 0 Å². The molecular formula is C26H38N10O. The Balaban J connectivity index is 1.05. The molecule has 2 saturated heterocycles. The zero-order valence-corrected chi connectivity index (χ0v) is 21.9. The summed E-state index contributed by atoms with van der Waals surface area (Å²) < 4.78 is 5.28. The van der Waals surface area contributed by atoms with Gasteiger partial charge in [0.2, 0.25) is 5.95 Å². The molecule has 6 rings (SSSR count). The number of H-pyrrole nitrogens is 1. The predicted molar refractivity (Wildman–Crippen MR) is 146 cm³/mol. The van der Waals surface area contributed by atoms with Crippen LogP contribution in [0.3, 0.4) is 0 Å². The number of methoxy groups -OCH3 is 1. The average molecular weight is 507 g/mol. The van der Waals surface area contributed by atoms with E-state index in [1.807, 2.05) is 6.20 Å². The highest BCUT2D eigenvalue weighted by molar-refractivity contribution is 5.85. The lowest BCUT2D eigenvalue weighted by Crippen LogP contribution is -2.55. The quantitative estimate of drug-likeness (QED) is 0.398. The molecule has 11 nitrogen and oxygen atoms in total. The van der Waals surface area contributed by atoms with Crippen LogP contribution in [-0.4, -0.2) is 90.0 Å². The monoisotopic (exact) mass is 506 g/mol. The Morgan fingerprint density at radius 1 is 1.19 bits per heavy atom. The minimum absolute atomic E-state index is 0.295. The normalized spacial score (nSPS) is 19.8. The number of ether oxygens (including phenoxy) is 1. The molecule has 3 aliphatic rings. The van der Waals surface area contributed by atoms with Crippen molar-refractivity contribution in [2.45, 2.75) is 44.7 Å². The summed E-state index contributed by atoms with van der Waals surface area (Å²) >= 11 is 0. The third-order valence-corrected chi connectivity index (χ3v) is 8.36. The van der Waals surface area contributed by atoms with Crippen molar-refractivity contribution in [2.75, 3.05) is 73.0 Å². The summed E-state index contributed by atoms with van der Waals surface area (Å²) in [7, 11) is 1.72. The van der Waals surface area contributed by atoms with E-state index in [2.05, 4.69) is 59.0 Å². The molecule has 37 heavy (non-hydrogen) atoms. The van der Waals surface area contributed by atoms with E-state index >= 15 is 0 Å². The summed E-state index contributed by atoms with van der Waals surface area (Å²) in [5, 5.41) is 3.67. The number of rotatable bonds is 9. The van der Waals surface area contributed by atoms with Crippen LogP contribution in [0.4, 0.5) is 23.3 Å². The van der Waals surface area contributed by atoms with E-state index in [1.165, 1.54) is 31.4 Å². The summed E-state index contributed by atoms with van der Waals surface area (Å²) in [5.41, 5.74) is 9.20. The summed E-state index contributed by atoms with van der Waals surface area (Å²) in [5.74, 6) is 2.76. The van der Waals surface area contributed by atoms with Crippen LogP contribution in [0.5, 0.6) is 0 Å². The summed E-state index contributed by atoms with van der Waals surface area (Å²) in [6.45, 7) is 8.25. The third kappa shape index (κ3) is 4.77. The minimum atomic E-state index is 0.295. The van der Waals surface area contributed by atoms with Gasteiger partial charge < -0.3 is 35.5 Å². The number of fused-ring (bicyclic) bond motifs is 1. The Morgan fingerprint density at radius 3 is 2.73 bits per heavy atom. The lowest BCUT2D eigenvalue weighted by atomic mass is 9.60. The lowest BCUT2D eigenvalue weighted by Gasteiger charge is -2.52. The topological polar surface area (TPSA) is 124 Å². The standard InChI is InChI=1S/C26H38N10O/c1-3-34(10-11-37-2)24-22-23(29-17-30-24)33-25(32-22)35-8-5-26(6-9-35)13-19(14-26)31-21-12-20(4-7-28-21)36-15-18(27)16-36/h4,7,12,17-19H,3,5-6,8-11,13-16,27H2,1-2H3,(H,28,31)(H,29,30,32,33). The Morgan fingerprint density at radius 2 is 2.00 bits per heavy atom. The van der Waals surface area contributed by atoms with Crippen molar-refractivity contribution in [3.63, 3.8) is 0 Å². The van der Waals surface area contributed by atoms with Crippen LogP contribution in [0.15, 0.2) is 24.7 Å². The molecule has 3 aromatic heterocycles. The second-order valence-corrected chi connectivity index (χ2v) is 10.8. The molecule has 0 radical (unpaired) electrons. The fourth-order valence-corrected chi connectivity index (χ4v) is 6.13. The second kappa shape index (κ2) is 9.94.